The molecule has 0 radical (unpaired) electrons. The van der Waals surface area contributed by atoms with Crippen LogP contribution in [0.4, 0.5) is 0 Å². The Morgan fingerprint density at radius 2 is 2.12 bits per heavy atom. The molecule has 17 heavy (non-hydrogen) atoms. The van der Waals surface area contributed by atoms with E-state index in [1.807, 2.05) is 30.3 Å². The molecule has 1 amide bonds. The first-order chi connectivity index (χ1) is 8.16. The molecule has 1 aliphatic rings. The van der Waals surface area contributed by atoms with Crippen LogP contribution in [0.1, 0.15) is 19.4 Å². The average molecular weight is 232 g/mol. The second-order valence-corrected chi connectivity index (χ2v) is 5.07. The Morgan fingerprint density at radius 3 is 2.76 bits per heavy atom. The zero-order valence-electron chi connectivity index (χ0n) is 10.5. The predicted octanol–water partition coefficient (Wildman–Crippen LogP) is 1.64. The molecule has 92 valence electrons. The molecule has 0 aromatic heterocycles. The van der Waals surface area contributed by atoms with Crippen molar-refractivity contribution in [2.75, 3.05) is 13.1 Å². The van der Waals surface area contributed by atoms with E-state index in [1.54, 1.807) is 0 Å². The third-order valence-corrected chi connectivity index (χ3v) is 2.93. The summed E-state index contributed by atoms with van der Waals surface area (Å²) < 4.78 is 0. The highest BCUT2D eigenvalue weighted by atomic mass is 16.2. The van der Waals surface area contributed by atoms with Gasteiger partial charge in [-0.2, -0.15) is 0 Å². The average Bonchev–Trinajstić information content (AvgIpc) is 3.06. The van der Waals surface area contributed by atoms with Crippen molar-refractivity contribution in [1.82, 2.24) is 10.2 Å². The fourth-order valence-corrected chi connectivity index (χ4v) is 2.00. The molecule has 1 heterocycles. The molecule has 1 fully saturated rings. The Balaban J connectivity index is 1.73. The molecule has 1 saturated heterocycles. The quantitative estimate of drug-likeness (QED) is 0.783. The first-order valence-corrected chi connectivity index (χ1v) is 6.22. The van der Waals surface area contributed by atoms with Crippen LogP contribution < -0.4 is 5.32 Å². The number of carbonyl (C=O) groups is 1. The number of benzene rings is 1. The van der Waals surface area contributed by atoms with Gasteiger partial charge in [0.25, 0.3) is 0 Å². The lowest BCUT2D eigenvalue weighted by molar-refractivity contribution is -0.121. The second-order valence-electron chi connectivity index (χ2n) is 5.07. The van der Waals surface area contributed by atoms with Gasteiger partial charge in [-0.05, 0) is 11.5 Å². The van der Waals surface area contributed by atoms with Crippen LogP contribution in [0.2, 0.25) is 0 Å². The summed E-state index contributed by atoms with van der Waals surface area (Å²) in [6.07, 6.45) is 0. The van der Waals surface area contributed by atoms with Crippen molar-refractivity contribution in [1.29, 1.82) is 0 Å². The highest BCUT2D eigenvalue weighted by Gasteiger charge is 2.39. The second kappa shape index (κ2) is 5.32. The third kappa shape index (κ3) is 3.56. The molecule has 2 atom stereocenters. The molecule has 1 aliphatic heterocycles. The molecule has 0 aliphatic carbocycles. The molecule has 1 N–H and O–H groups in total. The summed E-state index contributed by atoms with van der Waals surface area (Å²) in [5, 5.41) is 2.98. The molecule has 0 spiro atoms. The lowest BCUT2D eigenvalue weighted by atomic mass is 10.2. The van der Waals surface area contributed by atoms with Gasteiger partial charge in [-0.25, -0.2) is 0 Å². The summed E-state index contributed by atoms with van der Waals surface area (Å²) in [5.41, 5.74) is 1.15. The SMILES string of the molecule is CC(C)CN1C[C@@H]1C(=O)NCc1ccccc1. The van der Waals surface area contributed by atoms with Gasteiger partial charge in [0, 0.05) is 19.6 Å². The van der Waals surface area contributed by atoms with E-state index in [-0.39, 0.29) is 11.9 Å². The van der Waals surface area contributed by atoms with Crippen LogP contribution in [0, 0.1) is 5.92 Å². The minimum Gasteiger partial charge on any atom is -0.351 e. The van der Waals surface area contributed by atoms with E-state index in [9.17, 15) is 4.79 Å². The van der Waals surface area contributed by atoms with Gasteiger partial charge in [-0.1, -0.05) is 44.2 Å². The highest BCUT2D eigenvalue weighted by Crippen LogP contribution is 2.19. The topological polar surface area (TPSA) is 32.1 Å². The number of carbonyl (C=O) groups excluding carboxylic acids is 1. The fourth-order valence-electron chi connectivity index (χ4n) is 2.00. The van der Waals surface area contributed by atoms with Gasteiger partial charge in [0.2, 0.25) is 5.91 Å². The Bertz CT molecular complexity index is 375. The van der Waals surface area contributed by atoms with Gasteiger partial charge in [-0.15, -0.1) is 0 Å². The number of nitrogens with one attached hydrogen (secondary N) is 1. The van der Waals surface area contributed by atoms with E-state index in [4.69, 9.17) is 0 Å². The molecular formula is C14H20N2O. The molecule has 0 saturated carbocycles. The minimum atomic E-state index is 0.112. The van der Waals surface area contributed by atoms with Crippen molar-refractivity contribution in [3.63, 3.8) is 0 Å². The molecule has 1 unspecified atom stereocenters. The molecule has 1 aromatic rings. The highest BCUT2D eigenvalue weighted by molar-refractivity contribution is 5.84. The standard InChI is InChI=1S/C14H20N2O/c1-11(2)9-16-10-13(16)14(17)15-8-12-6-4-3-5-7-12/h3-7,11,13H,8-10H2,1-2H3,(H,15,17)/t13-,16?/m1/s1. The monoisotopic (exact) mass is 232 g/mol. The maximum atomic E-state index is 11.8. The summed E-state index contributed by atoms with van der Waals surface area (Å²) in [5.74, 6) is 0.788. The normalized spacial score (nSPS) is 22.5. The summed E-state index contributed by atoms with van der Waals surface area (Å²) in [6.45, 7) is 6.92. The lowest BCUT2D eigenvalue weighted by Gasteiger charge is -2.07. The lowest BCUT2D eigenvalue weighted by Crippen LogP contribution is -2.30. The van der Waals surface area contributed by atoms with E-state index < -0.39 is 0 Å². The Kier molecular flexibility index (Phi) is 3.79. The van der Waals surface area contributed by atoms with Crippen LogP contribution >= 0.6 is 0 Å². The van der Waals surface area contributed by atoms with E-state index in [0.29, 0.717) is 12.5 Å². The Hall–Kier alpha value is -1.35. The fraction of sp³-hybridized carbons (Fsp3) is 0.500. The van der Waals surface area contributed by atoms with E-state index >= 15 is 0 Å². The number of amides is 1. The largest absolute Gasteiger partial charge is 0.351 e. The molecule has 3 nitrogen and oxygen atoms in total. The number of hydrogen-bond acceptors (Lipinski definition) is 2. The van der Waals surface area contributed by atoms with Crippen LogP contribution in [0.5, 0.6) is 0 Å². The molecule has 0 bridgehead atoms. The van der Waals surface area contributed by atoms with Gasteiger partial charge in [0.05, 0.1) is 0 Å². The van der Waals surface area contributed by atoms with Crippen LogP contribution in [0.25, 0.3) is 0 Å². The van der Waals surface area contributed by atoms with Crippen molar-refractivity contribution < 1.29 is 4.79 Å². The van der Waals surface area contributed by atoms with Gasteiger partial charge >= 0.3 is 0 Å². The number of rotatable bonds is 5. The molecule has 2 rings (SSSR count). The number of hydrogen-bond donors (Lipinski definition) is 1. The van der Waals surface area contributed by atoms with Gasteiger partial charge in [0.1, 0.15) is 6.04 Å². The van der Waals surface area contributed by atoms with Crippen molar-refractivity contribution in [2.45, 2.75) is 26.4 Å². The first kappa shape index (κ1) is 12.1. The van der Waals surface area contributed by atoms with Crippen LogP contribution in [0.3, 0.4) is 0 Å². The third-order valence-electron chi connectivity index (χ3n) is 2.93. The summed E-state index contributed by atoms with van der Waals surface area (Å²) >= 11 is 0. The predicted molar refractivity (Wildman–Crippen MR) is 68.5 cm³/mol. The van der Waals surface area contributed by atoms with Gasteiger partial charge < -0.3 is 5.32 Å². The van der Waals surface area contributed by atoms with Gasteiger partial charge in [-0.3, -0.25) is 9.69 Å². The zero-order chi connectivity index (χ0) is 12.3. The Morgan fingerprint density at radius 1 is 1.41 bits per heavy atom. The van der Waals surface area contributed by atoms with Gasteiger partial charge in [0.15, 0.2) is 0 Å². The molecule has 3 heteroatoms. The Labute approximate surface area is 103 Å². The summed E-state index contributed by atoms with van der Waals surface area (Å²) in [4.78, 5) is 14.0. The van der Waals surface area contributed by atoms with Crippen molar-refractivity contribution in [3.05, 3.63) is 35.9 Å². The smallest absolute Gasteiger partial charge is 0.238 e. The molecular weight excluding hydrogens is 212 g/mol. The molecule has 1 aromatic carbocycles. The number of nitrogens with zero attached hydrogens (tertiary/aromatic N) is 1. The van der Waals surface area contributed by atoms with Crippen molar-refractivity contribution in [3.8, 4) is 0 Å². The van der Waals surface area contributed by atoms with Crippen molar-refractivity contribution >= 4 is 5.91 Å². The zero-order valence-corrected chi connectivity index (χ0v) is 10.5. The van der Waals surface area contributed by atoms with Crippen molar-refractivity contribution in [2.24, 2.45) is 5.92 Å². The minimum absolute atomic E-state index is 0.112. The maximum Gasteiger partial charge on any atom is 0.238 e. The van der Waals surface area contributed by atoms with Crippen LogP contribution in [0.15, 0.2) is 30.3 Å². The first-order valence-electron chi connectivity index (χ1n) is 6.22. The maximum absolute atomic E-state index is 11.8. The van der Waals surface area contributed by atoms with Crippen LogP contribution in [-0.4, -0.2) is 29.9 Å². The van der Waals surface area contributed by atoms with E-state index in [1.165, 1.54) is 0 Å². The van der Waals surface area contributed by atoms with E-state index in [0.717, 1.165) is 18.7 Å². The van der Waals surface area contributed by atoms with Crippen LogP contribution in [-0.2, 0) is 11.3 Å². The summed E-state index contributed by atoms with van der Waals surface area (Å²) in [7, 11) is 0. The van der Waals surface area contributed by atoms with E-state index in [2.05, 4.69) is 24.1 Å². The summed E-state index contributed by atoms with van der Waals surface area (Å²) in [6, 6.07) is 10.1.